The number of para-hydroxylation sites is 1. The number of hydrogen-bond donors (Lipinski definition) is 2. The monoisotopic (exact) mass is 508 g/mol. The van der Waals surface area contributed by atoms with Crippen LogP contribution in [0, 0.1) is 6.92 Å². The van der Waals surface area contributed by atoms with Crippen LogP contribution >= 0.6 is 11.3 Å². The lowest BCUT2D eigenvalue weighted by Crippen LogP contribution is -2.36. The van der Waals surface area contributed by atoms with E-state index in [1.165, 1.54) is 11.3 Å². The van der Waals surface area contributed by atoms with Gasteiger partial charge in [-0.25, -0.2) is 14.8 Å². The maximum Gasteiger partial charge on any atom is 0.410 e. The average Bonchev–Trinajstić information content (AvgIpc) is 3.37. The zero-order valence-corrected chi connectivity index (χ0v) is 20.7. The van der Waals surface area contributed by atoms with Crippen molar-refractivity contribution in [2.75, 3.05) is 30.3 Å². The van der Waals surface area contributed by atoms with Gasteiger partial charge in [0.2, 0.25) is 5.95 Å². The lowest BCUT2D eigenvalue weighted by molar-refractivity contribution is -0.115. The first kappa shape index (κ1) is 25.0. The fourth-order valence-corrected chi connectivity index (χ4v) is 4.80. The Morgan fingerprint density at radius 3 is 2.63 bits per heavy atom. The van der Waals surface area contributed by atoms with Crippen LogP contribution in [-0.4, -0.2) is 63.4 Å². The summed E-state index contributed by atoms with van der Waals surface area (Å²) < 4.78 is 44.8. The van der Waals surface area contributed by atoms with Gasteiger partial charge in [-0.1, -0.05) is 12.1 Å². The maximum absolute atomic E-state index is 12.8. The van der Waals surface area contributed by atoms with Crippen molar-refractivity contribution in [3.8, 4) is 10.6 Å². The summed E-state index contributed by atoms with van der Waals surface area (Å²) >= 11 is 1.46. The van der Waals surface area contributed by atoms with Crippen molar-refractivity contribution in [2.45, 2.75) is 51.9 Å². The topological polar surface area (TPSA) is 92.3 Å². The molecule has 35 heavy (non-hydrogen) atoms. The van der Waals surface area contributed by atoms with E-state index in [-0.39, 0.29) is 12.0 Å². The number of rotatable bonds is 5. The standard InChI is InChI=1S/C23H27F3N6O2S/c1-13-17(19-30-15-7-5-6-8-16(15)35-19)18(31-20(28-13)27-12-23(24,25)26)29-14-9-10-32(11-14)21(33)34-22(2,3)4/h5-8,14H,9-12H2,1-4H3,(H2,27,28,29,31). The van der Waals surface area contributed by atoms with Gasteiger partial charge in [0.15, 0.2) is 0 Å². The Bertz CT molecular complexity index is 1190. The molecular weight excluding hydrogens is 481 g/mol. The quantitative estimate of drug-likeness (QED) is 0.473. The van der Waals surface area contributed by atoms with Crippen molar-refractivity contribution in [3.63, 3.8) is 0 Å². The van der Waals surface area contributed by atoms with Gasteiger partial charge in [-0.3, -0.25) is 0 Å². The third kappa shape index (κ3) is 6.30. The number of ether oxygens (including phenoxy) is 1. The number of likely N-dealkylation sites (tertiary alicyclic amines) is 1. The van der Waals surface area contributed by atoms with Gasteiger partial charge in [-0.05, 0) is 46.2 Å². The van der Waals surface area contributed by atoms with Gasteiger partial charge in [0.25, 0.3) is 0 Å². The van der Waals surface area contributed by atoms with E-state index in [0.717, 1.165) is 10.2 Å². The number of amides is 1. The largest absolute Gasteiger partial charge is 0.444 e. The van der Waals surface area contributed by atoms with Crippen molar-refractivity contribution < 1.29 is 22.7 Å². The Morgan fingerprint density at radius 1 is 1.20 bits per heavy atom. The molecule has 3 heterocycles. The molecule has 2 aromatic heterocycles. The molecule has 1 aliphatic heterocycles. The number of nitrogens with zero attached hydrogens (tertiary/aromatic N) is 4. The minimum Gasteiger partial charge on any atom is -0.444 e. The normalized spacial score (nSPS) is 16.5. The molecule has 0 saturated carbocycles. The minimum absolute atomic E-state index is 0.130. The molecule has 4 rings (SSSR count). The summed E-state index contributed by atoms with van der Waals surface area (Å²) in [4.78, 5) is 27.4. The first-order valence-electron chi connectivity index (χ1n) is 11.2. The molecule has 3 aromatic rings. The Morgan fingerprint density at radius 2 is 1.94 bits per heavy atom. The van der Waals surface area contributed by atoms with Gasteiger partial charge < -0.3 is 20.3 Å². The van der Waals surface area contributed by atoms with E-state index in [9.17, 15) is 18.0 Å². The predicted octanol–water partition coefficient (Wildman–Crippen LogP) is 5.46. The first-order valence-corrected chi connectivity index (χ1v) is 12.0. The zero-order chi connectivity index (χ0) is 25.4. The SMILES string of the molecule is Cc1nc(NCC(F)(F)F)nc(NC2CCN(C(=O)OC(C)(C)C)C2)c1-c1nc2ccccc2s1. The van der Waals surface area contributed by atoms with E-state index in [0.29, 0.717) is 41.6 Å². The molecule has 1 aromatic carbocycles. The van der Waals surface area contributed by atoms with Crippen LogP contribution in [0.1, 0.15) is 32.9 Å². The summed E-state index contributed by atoms with van der Waals surface area (Å²) in [6.07, 6.45) is -4.18. The van der Waals surface area contributed by atoms with Crippen molar-refractivity contribution in [1.82, 2.24) is 19.9 Å². The van der Waals surface area contributed by atoms with Crippen LogP contribution in [-0.2, 0) is 4.74 Å². The fraction of sp³-hybridized carbons (Fsp3) is 0.478. The Hall–Kier alpha value is -3.15. The third-order valence-corrected chi connectivity index (χ3v) is 6.28. The second-order valence-electron chi connectivity index (χ2n) is 9.37. The second kappa shape index (κ2) is 9.48. The molecule has 2 N–H and O–H groups in total. The number of carbonyl (C=O) groups is 1. The molecule has 1 saturated heterocycles. The van der Waals surface area contributed by atoms with E-state index < -0.39 is 24.4 Å². The number of fused-ring (bicyclic) bond motifs is 1. The van der Waals surface area contributed by atoms with E-state index in [1.807, 2.05) is 24.3 Å². The molecule has 12 heteroatoms. The number of benzene rings is 1. The Kier molecular flexibility index (Phi) is 6.76. The highest BCUT2D eigenvalue weighted by atomic mass is 32.1. The van der Waals surface area contributed by atoms with E-state index in [4.69, 9.17) is 9.72 Å². The molecule has 188 valence electrons. The van der Waals surface area contributed by atoms with Gasteiger partial charge in [-0.15, -0.1) is 11.3 Å². The molecule has 1 atom stereocenters. The summed E-state index contributed by atoms with van der Waals surface area (Å²) in [6.45, 7) is 6.76. The number of anilines is 2. The van der Waals surface area contributed by atoms with Crippen LogP contribution in [0.3, 0.4) is 0 Å². The molecular formula is C23H27F3N6O2S. The number of aromatic nitrogens is 3. The van der Waals surface area contributed by atoms with Gasteiger partial charge in [0.05, 0.1) is 21.5 Å². The molecule has 0 spiro atoms. The van der Waals surface area contributed by atoms with Crippen LogP contribution in [0.15, 0.2) is 24.3 Å². The van der Waals surface area contributed by atoms with E-state index in [2.05, 4.69) is 20.6 Å². The van der Waals surface area contributed by atoms with Gasteiger partial charge in [-0.2, -0.15) is 18.2 Å². The summed E-state index contributed by atoms with van der Waals surface area (Å²) in [6, 6.07) is 7.49. The van der Waals surface area contributed by atoms with Gasteiger partial charge in [0, 0.05) is 19.1 Å². The lowest BCUT2D eigenvalue weighted by atomic mass is 10.2. The predicted molar refractivity (Wildman–Crippen MR) is 130 cm³/mol. The molecule has 8 nitrogen and oxygen atoms in total. The molecule has 1 aliphatic rings. The fourth-order valence-electron chi connectivity index (χ4n) is 3.73. The van der Waals surface area contributed by atoms with E-state index in [1.54, 1.807) is 32.6 Å². The van der Waals surface area contributed by atoms with E-state index >= 15 is 0 Å². The highest BCUT2D eigenvalue weighted by molar-refractivity contribution is 7.21. The molecule has 0 aliphatic carbocycles. The van der Waals surface area contributed by atoms with Crippen molar-refractivity contribution >= 4 is 39.4 Å². The Labute approximate surface area is 204 Å². The number of nitrogens with one attached hydrogen (secondary N) is 2. The highest BCUT2D eigenvalue weighted by Crippen LogP contribution is 2.37. The lowest BCUT2D eigenvalue weighted by Gasteiger charge is -2.24. The molecule has 0 bridgehead atoms. The number of aryl methyl sites for hydroxylation is 1. The first-order chi connectivity index (χ1) is 16.4. The summed E-state index contributed by atoms with van der Waals surface area (Å²) in [7, 11) is 0. The number of thiazole rings is 1. The van der Waals surface area contributed by atoms with Crippen LogP contribution < -0.4 is 10.6 Å². The van der Waals surface area contributed by atoms with Crippen molar-refractivity contribution in [1.29, 1.82) is 0 Å². The van der Waals surface area contributed by atoms with Gasteiger partial charge >= 0.3 is 12.3 Å². The van der Waals surface area contributed by atoms with Crippen LogP contribution in [0.25, 0.3) is 20.8 Å². The third-order valence-electron chi connectivity index (χ3n) is 5.23. The molecule has 1 unspecified atom stereocenters. The molecule has 1 fully saturated rings. The summed E-state index contributed by atoms with van der Waals surface area (Å²) in [5.41, 5.74) is 1.33. The van der Waals surface area contributed by atoms with Crippen LogP contribution in [0.2, 0.25) is 0 Å². The minimum atomic E-state index is -4.41. The zero-order valence-electron chi connectivity index (χ0n) is 19.9. The maximum atomic E-state index is 12.8. The number of alkyl halides is 3. The van der Waals surface area contributed by atoms with Crippen LogP contribution in [0.4, 0.5) is 29.7 Å². The molecule has 1 amide bonds. The number of hydrogen-bond acceptors (Lipinski definition) is 8. The highest BCUT2D eigenvalue weighted by Gasteiger charge is 2.32. The van der Waals surface area contributed by atoms with Crippen molar-refractivity contribution in [3.05, 3.63) is 30.0 Å². The van der Waals surface area contributed by atoms with Crippen LogP contribution in [0.5, 0.6) is 0 Å². The van der Waals surface area contributed by atoms with Gasteiger partial charge in [0.1, 0.15) is 23.0 Å². The number of carbonyl (C=O) groups excluding carboxylic acids is 1. The van der Waals surface area contributed by atoms with Crippen molar-refractivity contribution in [2.24, 2.45) is 0 Å². The smallest absolute Gasteiger partial charge is 0.410 e. The summed E-state index contributed by atoms with van der Waals surface area (Å²) in [5, 5.41) is 6.25. The Balaban J connectivity index is 1.63. The summed E-state index contributed by atoms with van der Waals surface area (Å²) in [5.74, 6) is 0.242. The number of halogens is 3. The second-order valence-corrected chi connectivity index (χ2v) is 10.4. The average molecular weight is 509 g/mol. The molecule has 0 radical (unpaired) electrons.